The number of halogens is 17. The Hall–Kier alpha value is -5.03. The van der Waals surface area contributed by atoms with Crippen LogP contribution in [0, 0.1) is 58.2 Å². The molecule has 0 spiro atoms. The van der Waals surface area contributed by atoms with Crippen LogP contribution < -0.4 is 21.8 Å². The third kappa shape index (κ3) is 7.83. The first-order valence-electron chi connectivity index (χ1n) is 13.0. The fraction of sp³-hybridized carbons (Fsp3) is 0.231. The topological polar surface area (TPSA) is 93.8 Å². The van der Waals surface area contributed by atoms with Crippen molar-refractivity contribution < 1.29 is 70.2 Å². The monoisotopic (exact) mass is 780 g/mol. The lowest BCUT2D eigenvalue weighted by molar-refractivity contribution is -0.142. The Labute approximate surface area is 275 Å². The van der Waals surface area contributed by atoms with Crippen LogP contribution in [0.2, 0.25) is 5.02 Å². The molecule has 0 atom stereocenters. The van der Waals surface area contributed by atoms with Gasteiger partial charge in [0.25, 0.3) is 11.1 Å². The van der Waals surface area contributed by atoms with Crippen LogP contribution in [0.25, 0.3) is 0 Å². The molecule has 0 saturated heterocycles. The van der Waals surface area contributed by atoms with Crippen LogP contribution in [-0.4, -0.2) is 19.1 Å². The minimum atomic E-state index is -5.21. The van der Waals surface area contributed by atoms with Gasteiger partial charge in [0.1, 0.15) is 16.4 Å². The highest BCUT2D eigenvalue weighted by Crippen LogP contribution is 2.35. The summed E-state index contributed by atoms with van der Waals surface area (Å²) in [4.78, 5) is 29.5. The number of nitrogens with zero attached hydrogens (tertiary/aromatic N) is 4. The number of alkyl halides is 6. The molecule has 0 fully saturated rings. The summed E-state index contributed by atoms with van der Waals surface area (Å²) in [6.45, 7) is 1.87. The molecule has 0 bridgehead atoms. The van der Waals surface area contributed by atoms with Gasteiger partial charge in [-0.1, -0.05) is 11.6 Å². The van der Waals surface area contributed by atoms with Crippen molar-refractivity contribution in [3.8, 4) is 0 Å². The van der Waals surface area contributed by atoms with Crippen LogP contribution in [-0.2, 0) is 25.4 Å². The van der Waals surface area contributed by atoms with Gasteiger partial charge < -0.3 is 10.6 Å². The Morgan fingerprint density at radius 1 is 0.588 bits per heavy atom. The first-order valence-corrected chi connectivity index (χ1v) is 13.4. The van der Waals surface area contributed by atoms with Crippen molar-refractivity contribution in [2.45, 2.75) is 39.3 Å². The predicted molar refractivity (Wildman–Crippen MR) is 142 cm³/mol. The first kappa shape index (κ1) is 40.4. The van der Waals surface area contributed by atoms with Crippen LogP contribution in [0.3, 0.4) is 0 Å². The van der Waals surface area contributed by atoms with E-state index < -0.39 is 121 Å². The van der Waals surface area contributed by atoms with Crippen molar-refractivity contribution in [3.63, 3.8) is 0 Å². The molecular formula is C26H13ClF16N6O2. The van der Waals surface area contributed by atoms with E-state index in [4.69, 9.17) is 11.6 Å². The van der Waals surface area contributed by atoms with E-state index in [0.29, 0.717) is 9.13 Å². The second kappa shape index (κ2) is 14.7. The fourth-order valence-electron chi connectivity index (χ4n) is 3.81. The van der Waals surface area contributed by atoms with Crippen molar-refractivity contribution in [2.24, 2.45) is 0 Å². The van der Waals surface area contributed by atoms with Crippen molar-refractivity contribution in [1.82, 2.24) is 19.1 Å². The molecule has 0 unspecified atom stereocenters. The SMILES string of the molecule is CCn1c(Nc2c(F)c(F)c(F)c(F)c2F)nc(C(F)(F)F)c(Cl)c1=O.CCn1c(Nc2c(F)c(F)c(F)c(F)c2F)nc(C(F)(F)F)cc1=O. The maximum atomic E-state index is 13.7. The Morgan fingerprint density at radius 2 is 0.941 bits per heavy atom. The smallest absolute Gasteiger partial charge is 0.320 e. The summed E-state index contributed by atoms with van der Waals surface area (Å²) >= 11 is 5.31. The molecule has 2 aromatic carbocycles. The molecule has 4 aromatic rings. The van der Waals surface area contributed by atoms with Crippen molar-refractivity contribution >= 4 is 34.9 Å². The minimum Gasteiger partial charge on any atom is -0.320 e. The van der Waals surface area contributed by atoms with Gasteiger partial charge >= 0.3 is 12.4 Å². The molecular weight excluding hydrogens is 768 g/mol. The van der Waals surface area contributed by atoms with E-state index in [2.05, 4.69) is 9.97 Å². The van der Waals surface area contributed by atoms with E-state index >= 15 is 0 Å². The van der Waals surface area contributed by atoms with Gasteiger partial charge in [-0.05, 0) is 13.8 Å². The lowest BCUT2D eigenvalue weighted by Crippen LogP contribution is -2.28. The molecule has 0 saturated carbocycles. The highest BCUT2D eigenvalue weighted by Gasteiger charge is 2.39. The van der Waals surface area contributed by atoms with Crippen molar-refractivity contribution in [1.29, 1.82) is 0 Å². The average molecular weight is 781 g/mol. The van der Waals surface area contributed by atoms with Crippen molar-refractivity contribution in [2.75, 3.05) is 10.6 Å². The fourth-order valence-corrected chi connectivity index (χ4v) is 4.06. The maximum absolute atomic E-state index is 13.7. The summed E-state index contributed by atoms with van der Waals surface area (Å²) in [7, 11) is 0. The molecule has 278 valence electrons. The molecule has 0 amide bonds. The molecule has 2 aromatic heterocycles. The molecule has 51 heavy (non-hydrogen) atoms. The first-order chi connectivity index (χ1) is 23.4. The zero-order valence-electron chi connectivity index (χ0n) is 24.5. The standard InChI is InChI=1S/C13H6ClF8N3O.C13H7F8N3O/c1-2-25-11(26)3(14)10(13(20,21)22)24-12(25)23-9-7(18)5(16)4(15)6(17)8(9)19;1-2-24-5(25)3-4(13(19,20)21)22-12(24)23-11-9(17)7(15)6(14)8(16)10(11)18/h2H2,1H3,(H,23,24);3H,2H2,1H3,(H,22,23). The second-order valence-corrected chi connectivity index (χ2v) is 9.71. The highest BCUT2D eigenvalue weighted by atomic mass is 35.5. The Kier molecular flexibility index (Phi) is 11.6. The van der Waals surface area contributed by atoms with Crippen LogP contribution in [0.4, 0.5) is 93.5 Å². The molecule has 4 rings (SSSR count). The second-order valence-electron chi connectivity index (χ2n) is 9.33. The van der Waals surface area contributed by atoms with Gasteiger partial charge in [-0.25, -0.2) is 53.9 Å². The number of benzene rings is 2. The number of aromatic nitrogens is 4. The van der Waals surface area contributed by atoms with Gasteiger partial charge in [0.15, 0.2) is 57.9 Å². The molecule has 8 nitrogen and oxygen atoms in total. The van der Waals surface area contributed by atoms with Crippen LogP contribution in [0.1, 0.15) is 25.2 Å². The Morgan fingerprint density at radius 3 is 1.27 bits per heavy atom. The van der Waals surface area contributed by atoms with Crippen LogP contribution >= 0.6 is 11.6 Å². The third-order valence-electron chi connectivity index (χ3n) is 6.21. The average Bonchev–Trinajstić information content (AvgIpc) is 3.05. The third-order valence-corrected chi connectivity index (χ3v) is 6.55. The molecule has 2 heterocycles. The molecule has 2 N–H and O–H groups in total. The highest BCUT2D eigenvalue weighted by molar-refractivity contribution is 6.31. The molecule has 0 aliphatic rings. The lowest BCUT2D eigenvalue weighted by Gasteiger charge is -2.17. The number of anilines is 4. The largest absolute Gasteiger partial charge is 0.435 e. The number of nitrogens with one attached hydrogen (secondary N) is 2. The zero-order chi connectivity index (χ0) is 39.1. The number of hydrogen-bond acceptors (Lipinski definition) is 6. The predicted octanol–water partition coefficient (Wildman–Crippen LogP) is 8.10. The van der Waals surface area contributed by atoms with Crippen molar-refractivity contribution in [3.05, 3.63) is 101 Å². The number of hydrogen-bond donors (Lipinski definition) is 2. The summed E-state index contributed by atoms with van der Waals surface area (Å²) in [5.41, 5.74) is -9.57. The van der Waals surface area contributed by atoms with Gasteiger partial charge in [0.2, 0.25) is 23.5 Å². The van der Waals surface area contributed by atoms with Gasteiger partial charge in [-0.3, -0.25) is 18.7 Å². The maximum Gasteiger partial charge on any atom is 0.435 e. The van der Waals surface area contributed by atoms with Gasteiger partial charge in [0.05, 0.1) is 0 Å². The van der Waals surface area contributed by atoms with Gasteiger partial charge in [-0.15, -0.1) is 0 Å². The molecule has 25 heteroatoms. The van der Waals surface area contributed by atoms with E-state index in [1.807, 2.05) is 0 Å². The Balaban J connectivity index is 0.000000276. The lowest BCUT2D eigenvalue weighted by atomic mass is 10.2. The summed E-state index contributed by atoms with van der Waals surface area (Å²) in [5, 5.41) is 1.81. The zero-order valence-corrected chi connectivity index (χ0v) is 25.3. The summed E-state index contributed by atoms with van der Waals surface area (Å²) in [6.07, 6.45) is -10.3. The van der Waals surface area contributed by atoms with Crippen LogP contribution in [0.15, 0.2) is 15.7 Å². The van der Waals surface area contributed by atoms with Gasteiger partial charge in [-0.2, -0.15) is 26.3 Å². The number of rotatable bonds is 6. The summed E-state index contributed by atoms with van der Waals surface area (Å²) in [5.74, 6) is -25.6. The van der Waals surface area contributed by atoms with E-state index in [0.717, 1.165) is 0 Å². The summed E-state index contributed by atoms with van der Waals surface area (Å²) < 4.78 is 211. The van der Waals surface area contributed by atoms with Crippen LogP contribution in [0.5, 0.6) is 0 Å². The van der Waals surface area contributed by atoms with E-state index in [1.54, 1.807) is 10.6 Å². The normalized spacial score (nSPS) is 11.7. The van der Waals surface area contributed by atoms with E-state index in [9.17, 15) is 79.8 Å². The van der Waals surface area contributed by atoms with E-state index in [1.165, 1.54) is 13.8 Å². The molecule has 0 aliphatic heterocycles. The minimum absolute atomic E-state index is 0.132. The molecule has 0 radical (unpaired) electrons. The molecule has 0 aliphatic carbocycles. The van der Waals surface area contributed by atoms with Gasteiger partial charge in [0, 0.05) is 19.2 Å². The summed E-state index contributed by atoms with van der Waals surface area (Å²) in [6, 6.07) is 0.132. The Bertz CT molecular complexity index is 2070. The quantitative estimate of drug-likeness (QED) is 0.117. The van der Waals surface area contributed by atoms with E-state index in [-0.39, 0.29) is 19.2 Å².